The van der Waals surface area contributed by atoms with E-state index in [-0.39, 0.29) is 5.69 Å². The third kappa shape index (κ3) is 2.29. The first-order valence-corrected chi connectivity index (χ1v) is 5.40. The van der Waals surface area contributed by atoms with Crippen LogP contribution in [-0.2, 0) is 13.6 Å². The van der Waals surface area contributed by atoms with Crippen molar-refractivity contribution in [1.29, 1.82) is 0 Å². The van der Waals surface area contributed by atoms with Gasteiger partial charge in [0, 0.05) is 13.1 Å². The molecule has 0 radical (unpaired) electrons. The Hall–Kier alpha value is -2.44. The summed E-state index contributed by atoms with van der Waals surface area (Å²) in [6.45, 7) is 2.22. The highest BCUT2D eigenvalue weighted by Gasteiger charge is 2.15. The number of anilines is 1. The molecule has 0 spiro atoms. The average molecular weight is 247 g/mol. The Morgan fingerprint density at radius 3 is 2.89 bits per heavy atom. The van der Waals surface area contributed by atoms with Crippen LogP contribution in [0, 0.1) is 17.0 Å². The molecule has 7 heteroatoms. The van der Waals surface area contributed by atoms with E-state index in [4.69, 9.17) is 0 Å². The number of nitrogens with zero attached hydrogens (tertiary/aromatic N) is 4. The van der Waals surface area contributed by atoms with E-state index in [1.807, 2.05) is 20.0 Å². The molecule has 0 unspecified atom stereocenters. The highest BCUT2D eigenvalue weighted by molar-refractivity contribution is 5.65. The summed E-state index contributed by atoms with van der Waals surface area (Å²) in [7, 11) is 1.82. The first-order chi connectivity index (χ1) is 8.59. The fraction of sp³-hybridized carbons (Fsp3) is 0.273. The van der Waals surface area contributed by atoms with Crippen molar-refractivity contribution in [3.63, 3.8) is 0 Å². The second kappa shape index (κ2) is 4.82. The fourth-order valence-electron chi connectivity index (χ4n) is 1.67. The number of nitro groups is 1. The molecule has 0 amide bonds. The second-order valence-corrected chi connectivity index (χ2v) is 3.94. The van der Waals surface area contributed by atoms with Gasteiger partial charge in [-0.05, 0) is 12.5 Å². The average Bonchev–Trinajstić information content (AvgIpc) is 2.73. The topological polar surface area (TPSA) is 85.9 Å². The summed E-state index contributed by atoms with van der Waals surface area (Å²) in [5.41, 5.74) is 1.41. The van der Waals surface area contributed by atoms with Crippen molar-refractivity contribution >= 4 is 11.4 Å². The van der Waals surface area contributed by atoms with E-state index in [1.54, 1.807) is 17.0 Å². The fourth-order valence-corrected chi connectivity index (χ4v) is 1.67. The van der Waals surface area contributed by atoms with E-state index in [0.29, 0.717) is 18.1 Å². The van der Waals surface area contributed by atoms with Crippen LogP contribution >= 0.6 is 0 Å². The lowest BCUT2D eigenvalue weighted by Gasteiger charge is -2.09. The molecule has 0 fully saturated rings. The van der Waals surface area contributed by atoms with Crippen LogP contribution in [0.5, 0.6) is 0 Å². The SMILES string of the molecule is Cc1cccc([N+](=O)[O-])c1NCc1nncn1C. The Morgan fingerprint density at radius 1 is 1.50 bits per heavy atom. The van der Waals surface area contributed by atoms with Crippen molar-refractivity contribution in [3.05, 3.63) is 46.0 Å². The summed E-state index contributed by atoms with van der Waals surface area (Å²) in [5.74, 6) is 0.715. The zero-order valence-corrected chi connectivity index (χ0v) is 10.1. The minimum atomic E-state index is -0.397. The number of para-hydroxylation sites is 1. The Kier molecular flexibility index (Phi) is 3.22. The van der Waals surface area contributed by atoms with Gasteiger partial charge in [-0.15, -0.1) is 10.2 Å². The van der Waals surface area contributed by atoms with Gasteiger partial charge >= 0.3 is 0 Å². The van der Waals surface area contributed by atoms with E-state index < -0.39 is 4.92 Å². The molecule has 0 aliphatic carbocycles. The van der Waals surface area contributed by atoms with Gasteiger partial charge in [-0.1, -0.05) is 12.1 Å². The summed E-state index contributed by atoms with van der Waals surface area (Å²) in [4.78, 5) is 10.5. The van der Waals surface area contributed by atoms with Crippen LogP contribution in [0.1, 0.15) is 11.4 Å². The molecule has 0 aliphatic heterocycles. The van der Waals surface area contributed by atoms with Crippen molar-refractivity contribution < 1.29 is 4.92 Å². The first-order valence-electron chi connectivity index (χ1n) is 5.40. The molecule has 1 heterocycles. The van der Waals surface area contributed by atoms with E-state index >= 15 is 0 Å². The molecule has 2 aromatic rings. The normalized spacial score (nSPS) is 10.3. The van der Waals surface area contributed by atoms with Crippen molar-refractivity contribution in [2.24, 2.45) is 7.05 Å². The van der Waals surface area contributed by atoms with E-state index in [0.717, 1.165) is 5.56 Å². The number of hydrogen-bond donors (Lipinski definition) is 1. The minimum absolute atomic E-state index is 0.0668. The highest BCUT2D eigenvalue weighted by Crippen LogP contribution is 2.27. The van der Waals surface area contributed by atoms with Crippen LogP contribution in [-0.4, -0.2) is 19.7 Å². The lowest BCUT2D eigenvalue weighted by molar-refractivity contribution is -0.384. The Morgan fingerprint density at radius 2 is 2.28 bits per heavy atom. The summed E-state index contributed by atoms with van der Waals surface area (Å²) in [5, 5.41) is 21.6. The maximum atomic E-state index is 10.9. The summed E-state index contributed by atoms with van der Waals surface area (Å²) in [6.07, 6.45) is 1.59. The predicted octanol–water partition coefficient (Wildman–Crippen LogP) is 1.64. The smallest absolute Gasteiger partial charge is 0.292 e. The standard InChI is InChI=1S/C11H13N5O2/c1-8-4-3-5-9(16(17)18)11(8)12-6-10-14-13-7-15(10)2/h3-5,7,12H,6H2,1-2H3. The van der Waals surface area contributed by atoms with Gasteiger partial charge in [0.05, 0.1) is 11.5 Å². The van der Waals surface area contributed by atoms with Crippen molar-refractivity contribution in [1.82, 2.24) is 14.8 Å². The van der Waals surface area contributed by atoms with Gasteiger partial charge in [-0.25, -0.2) is 0 Å². The van der Waals surface area contributed by atoms with E-state index in [1.165, 1.54) is 6.07 Å². The number of nitrogens with one attached hydrogen (secondary N) is 1. The first kappa shape index (κ1) is 12.0. The summed E-state index contributed by atoms with van der Waals surface area (Å²) >= 11 is 0. The number of hydrogen-bond acceptors (Lipinski definition) is 5. The van der Waals surface area contributed by atoms with Crippen LogP contribution in [0.4, 0.5) is 11.4 Å². The third-order valence-corrected chi connectivity index (χ3v) is 2.68. The van der Waals surface area contributed by atoms with E-state index in [9.17, 15) is 10.1 Å². The highest BCUT2D eigenvalue weighted by atomic mass is 16.6. The Labute approximate surface area is 104 Å². The monoisotopic (exact) mass is 247 g/mol. The quantitative estimate of drug-likeness (QED) is 0.655. The zero-order chi connectivity index (χ0) is 13.1. The van der Waals surface area contributed by atoms with E-state index in [2.05, 4.69) is 15.5 Å². The van der Waals surface area contributed by atoms with Gasteiger partial charge in [0.25, 0.3) is 5.69 Å². The van der Waals surface area contributed by atoms with Crippen LogP contribution < -0.4 is 5.32 Å². The Balaban J connectivity index is 2.24. The third-order valence-electron chi connectivity index (χ3n) is 2.68. The molecule has 0 saturated carbocycles. The lowest BCUT2D eigenvalue weighted by atomic mass is 10.1. The molecule has 94 valence electrons. The number of rotatable bonds is 4. The number of benzene rings is 1. The molecule has 1 aromatic heterocycles. The number of aromatic nitrogens is 3. The molecule has 7 nitrogen and oxygen atoms in total. The van der Waals surface area contributed by atoms with Gasteiger partial charge in [-0.3, -0.25) is 10.1 Å². The number of aryl methyl sites for hydroxylation is 2. The van der Waals surface area contributed by atoms with Crippen LogP contribution in [0.25, 0.3) is 0 Å². The largest absolute Gasteiger partial charge is 0.372 e. The summed E-state index contributed by atoms with van der Waals surface area (Å²) in [6, 6.07) is 4.97. The van der Waals surface area contributed by atoms with Crippen molar-refractivity contribution in [3.8, 4) is 0 Å². The van der Waals surface area contributed by atoms with Crippen molar-refractivity contribution in [2.45, 2.75) is 13.5 Å². The number of nitro benzene ring substituents is 1. The van der Waals surface area contributed by atoms with Gasteiger partial charge in [0.2, 0.25) is 0 Å². The summed E-state index contributed by atoms with van der Waals surface area (Å²) < 4.78 is 1.76. The molecule has 0 atom stereocenters. The maximum absolute atomic E-state index is 10.9. The van der Waals surface area contributed by atoms with Crippen LogP contribution in [0.15, 0.2) is 24.5 Å². The predicted molar refractivity (Wildman–Crippen MR) is 66.2 cm³/mol. The van der Waals surface area contributed by atoms with Crippen LogP contribution in [0.3, 0.4) is 0 Å². The second-order valence-electron chi connectivity index (χ2n) is 3.94. The minimum Gasteiger partial charge on any atom is -0.372 e. The lowest BCUT2D eigenvalue weighted by Crippen LogP contribution is -2.08. The molecule has 0 aliphatic rings. The molecule has 2 rings (SSSR count). The van der Waals surface area contributed by atoms with Crippen LogP contribution in [0.2, 0.25) is 0 Å². The van der Waals surface area contributed by atoms with Crippen molar-refractivity contribution in [2.75, 3.05) is 5.32 Å². The molecular formula is C11H13N5O2. The van der Waals surface area contributed by atoms with Gasteiger partial charge < -0.3 is 9.88 Å². The van der Waals surface area contributed by atoms with Gasteiger partial charge in [0.1, 0.15) is 12.0 Å². The Bertz CT molecular complexity index is 579. The van der Waals surface area contributed by atoms with Gasteiger partial charge in [0.15, 0.2) is 5.82 Å². The van der Waals surface area contributed by atoms with Gasteiger partial charge in [-0.2, -0.15) is 0 Å². The molecule has 1 N–H and O–H groups in total. The zero-order valence-electron chi connectivity index (χ0n) is 10.1. The maximum Gasteiger partial charge on any atom is 0.292 e. The molecule has 0 saturated heterocycles. The molecule has 1 aromatic carbocycles. The molecular weight excluding hydrogens is 234 g/mol. The molecule has 0 bridgehead atoms. The molecule has 18 heavy (non-hydrogen) atoms.